The fraction of sp³-hybridized carbons (Fsp3) is 0.212. The second-order valence-electron chi connectivity index (χ2n) is 10.0. The van der Waals surface area contributed by atoms with Crippen LogP contribution in [0.15, 0.2) is 108 Å². The lowest BCUT2D eigenvalue weighted by atomic mass is 10.0. The summed E-state index contributed by atoms with van der Waals surface area (Å²) in [5.41, 5.74) is 2.57. The minimum atomic E-state index is -4.24. The van der Waals surface area contributed by atoms with Crippen LogP contribution in [0.5, 0.6) is 0 Å². The number of likely N-dealkylation sites (N-methyl/N-ethyl adjacent to an activating group) is 1. The molecule has 43 heavy (non-hydrogen) atoms. The Morgan fingerprint density at radius 3 is 2.14 bits per heavy atom. The monoisotopic (exact) mass is 637 g/mol. The van der Waals surface area contributed by atoms with Crippen molar-refractivity contribution in [1.29, 1.82) is 0 Å². The van der Waals surface area contributed by atoms with Crippen LogP contribution in [0, 0.1) is 6.92 Å². The topological polar surface area (TPSA) is 86.8 Å². The smallest absolute Gasteiger partial charge is 0.264 e. The van der Waals surface area contributed by atoms with Gasteiger partial charge in [0.15, 0.2) is 0 Å². The SMILES string of the molecule is CCNC(=O)[C@@H](Cc1ccccc1)N(Cc1cccc(Cl)c1)C(=O)CN(c1ccccc1Cl)S(=O)(=O)c1ccc(C)cc1. The molecule has 0 aromatic heterocycles. The number of nitrogens with zero attached hydrogens (tertiary/aromatic N) is 2. The number of halogens is 2. The second kappa shape index (κ2) is 14.6. The Kier molecular flexibility index (Phi) is 10.9. The molecule has 1 N–H and O–H groups in total. The summed E-state index contributed by atoms with van der Waals surface area (Å²) in [6.07, 6.45) is 0.218. The normalized spacial score (nSPS) is 11.9. The maximum atomic E-state index is 14.4. The number of benzene rings is 4. The van der Waals surface area contributed by atoms with Crippen LogP contribution in [-0.4, -0.2) is 44.3 Å². The number of sulfonamides is 1. The lowest BCUT2D eigenvalue weighted by Crippen LogP contribution is -2.53. The zero-order chi connectivity index (χ0) is 31.0. The molecule has 4 aromatic rings. The van der Waals surface area contributed by atoms with Crippen molar-refractivity contribution in [2.75, 3.05) is 17.4 Å². The molecule has 0 unspecified atom stereocenters. The van der Waals surface area contributed by atoms with Crippen molar-refractivity contribution >= 4 is 50.7 Å². The third-order valence-electron chi connectivity index (χ3n) is 6.87. The largest absolute Gasteiger partial charge is 0.355 e. The molecule has 0 aliphatic heterocycles. The van der Waals surface area contributed by atoms with Crippen LogP contribution in [0.1, 0.15) is 23.6 Å². The van der Waals surface area contributed by atoms with Gasteiger partial charge in [-0.05, 0) is 61.4 Å². The first-order chi connectivity index (χ1) is 20.6. The maximum Gasteiger partial charge on any atom is 0.264 e. The van der Waals surface area contributed by atoms with Crippen molar-refractivity contribution in [3.63, 3.8) is 0 Å². The molecule has 2 amide bonds. The number of amides is 2. The third-order valence-corrected chi connectivity index (χ3v) is 9.20. The number of anilines is 1. The van der Waals surface area contributed by atoms with Gasteiger partial charge < -0.3 is 10.2 Å². The summed E-state index contributed by atoms with van der Waals surface area (Å²) in [7, 11) is -4.24. The molecule has 0 heterocycles. The fourth-order valence-corrected chi connectivity index (χ4v) is 6.62. The summed E-state index contributed by atoms with van der Waals surface area (Å²) in [5.74, 6) is -0.935. The van der Waals surface area contributed by atoms with E-state index < -0.39 is 28.5 Å². The number of carbonyl (C=O) groups is 2. The Morgan fingerprint density at radius 1 is 0.837 bits per heavy atom. The predicted molar refractivity (Wildman–Crippen MR) is 172 cm³/mol. The van der Waals surface area contributed by atoms with E-state index in [0.717, 1.165) is 15.4 Å². The van der Waals surface area contributed by atoms with Crippen LogP contribution in [-0.2, 0) is 32.6 Å². The highest BCUT2D eigenvalue weighted by atomic mass is 35.5. The van der Waals surface area contributed by atoms with Gasteiger partial charge in [-0.25, -0.2) is 8.42 Å². The molecule has 0 spiro atoms. The highest BCUT2D eigenvalue weighted by Crippen LogP contribution is 2.31. The lowest BCUT2D eigenvalue weighted by molar-refractivity contribution is -0.140. The van der Waals surface area contributed by atoms with E-state index in [0.29, 0.717) is 17.1 Å². The first kappa shape index (κ1) is 32.1. The second-order valence-corrected chi connectivity index (χ2v) is 12.7. The van der Waals surface area contributed by atoms with Crippen molar-refractivity contribution in [3.05, 3.63) is 130 Å². The van der Waals surface area contributed by atoms with Gasteiger partial charge in [-0.3, -0.25) is 13.9 Å². The van der Waals surface area contributed by atoms with E-state index in [1.54, 1.807) is 67.6 Å². The van der Waals surface area contributed by atoms with Gasteiger partial charge in [0.1, 0.15) is 12.6 Å². The zero-order valence-corrected chi connectivity index (χ0v) is 26.2. The minimum absolute atomic E-state index is 0.0109. The molecule has 0 saturated heterocycles. The molecule has 0 aliphatic rings. The van der Waals surface area contributed by atoms with E-state index in [-0.39, 0.29) is 34.5 Å². The number of hydrogen-bond donors (Lipinski definition) is 1. The van der Waals surface area contributed by atoms with E-state index in [9.17, 15) is 18.0 Å². The summed E-state index contributed by atoms with van der Waals surface area (Å²) >= 11 is 12.8. The molecule has 0 bridgehead atoms. The summed E-state index contributed by atoms with van der Waals surface area (Å²) < 4.78 is 29.1. The molecule has 0 radical (unpaired) electrons. The Labute approximate surface area is 263 Å². The maximum absolute atomic E-state index is 14.4. The predicted octanol–water partition coefficient (Wildman–Crippen LogP) is 6.27. The van der Waals surface area contributed by atoms with Crippen molar-refractivity contribution in [2.45, 2.75) is 37.8 Å². The molecule has 4 rings (SSSR count). The number of nitrogens with one attached hydrogen (secondary N) is 1. The van der Waals surface area contributed by atoms with Crippen molar-refractivity contribution in [3.8, 4) is 0 Å². The van der Waals surface area contributed by atoms with Crippen LogP contribution in [0.2, 0.25) is 10.0 Å². The van der Waals surface area contributed by atoms with E-state index >= 15 is 0 Å². The number of aryl methyl sites for hydroxylation is 1. The Morgan fingerprint density at radius 2 is 1.49 bits per heavy atom. The van der Waals surface area contributed by atoms with Crippen molar-refractivity contribution in [2.24, 2.45) is 0 Å². The quantitative estimate of drug-likeness (QED) is 0.198. The van der Waals surface area contributed by atoms with Gasteiger partial charge in [0.05, 0.1) is 15.6 Å². The van der Waals surface area contributed by atoms with Gasteiger partial charge in [-0.15, -0.1) is 0 Å². The number of rotatable bonds is 12. The number of carbonyl (C=O) groups excluding carboxylic acids is 2. The molecule has 10 heteroatoms. The van der Waals surface area contributed by atoms with Gasteiger partial charge in [0, 0.05) is 24.5 Å². The Bertz CT molecular complexity index is 1670. The fourth-order valence-electron chi connectivity index (χ4n) is 4.68. The summed E-state index contributed by atoms with van der Waals surface area (Å²) in [5, 5.41) is 3.48. The van der Waals surface area contributed by atoms with Gasteiger partial charge in [-0.1, -0.05) is 95.5 Å². The van der Waals surface area contributed by atoms with E-state index in [2.05, 4.69) is 5.32 Å². The van der Waals surface area contributed by atoms with E-state index in [1.807, 2.05) is 37.3 Å². The summed E-state index contributed by atoms with van der Waals surface area (Å²) in [4.78, 5) is 29.3. The Balaban J connectivity index is 1.80. The average molecular weight is 639 g/mol. The zero-order valence-electron chi connectivity index (χ0n) is 23.9. The summed E-state index contributed by atoms with van der Waals surface area (Å²) in [6.45, 7) is 3.44. The summed E-state index contributed by atoms with van der Waals surface area (Å²) in [6, 6.07) is 28.2. The van der Waals surface area contributed by atoms with Crippen LogP contribution >= 0.6 is 23.2 Å². The molecular weight excluding hydrogens is 605 g/mol. The standard InChI is InChI=1S/C33H33Cl2N3O4S/c1-3-36-33(40)31(21-25-10-5-4-6-11-25)37(22-26-12-9-13-27(34)20-26)32(39)23-38(30-15-8-7-14-29(30)35)43(41,42)28-18-16-24(2)17-19-28/h4-20,31H,3,21-23H2,1-2H3,(H,36,40)/t31-/m1/s1. The number of para-hydroxylation sites is 1. The molecule has 1 atom stereocenters. The van der Waals surface area contributed by atoms with E-state index in [1.165, 1.54) is 17.0 Å². The van der Waals surface area contributed by atoms with Gasteiger partial charge in [0.25, 0.3) is 10.0 Å². The van der Waals surface area contributed by atoms with Crippen LogP contribution in [0.25, 0.3) is 0 Å². The van der Waals surface area contributed by atoms with E-state index in [4.69, 9.17) is 23.2 Å². The molecule has 0 saturated carbocycles. The molecule has 7 nitrogen and oxygen atoms in total. The average Bonchev–Trinajstić information content (AvgIpc) is 2.99. The van der Waals surface area contributed by atoms with Crippen LogP contribution in [0.3, 0.4) is 0 Å². The van der Waals surface area contributed by atoms with Crippen molar-refractivity contribution < 1.29 is 18.0 Å². The Hall–Kier alpha value is -3.85. The first-order valence-electron chi connectivity index (χ1n) is 13.8. The number of hydrogen-bond acceptors (Lipinski definition) is 4. The van der Waals surface area contributed by atoms with Crippen molar-refractivity contribution in [1.82, 2.24) is 10.2 Å². The highest BCUT2D eigenvalue weighted by Gasteiger charge is 2.35. The minimum Gasteiger partial charge on any atom is -0.355 e. The molecule has 224 valence electrons. The highest BCUT2D eigenvalue weighted by molar-refractivity contribution is 7.92. The van der Waals surface area contributed by atoms with Gasteiger partial charge >= 0.3 is 0 Å². The van der Waals surface area contributed by atoms with Gasteiger partial charge in [-0.2, -0.15) is 0 Å². The molecule has 4 aromatic carbocycles. The molecule has 0 fully saturated rings. The molecular formula is C33H33Cl2N3O4S. The van der Waals surface area contributed by atoms with Crippen LogP contribution < -0.4 is 9.62 Å². The van der Waals surface area contributed by atoms with Gasteiger partial charge in [0.2, 0.25) is 11.8 Å². The van der Waals surface area contributed by atoms with Crippen LogP contribution in [0.4, 0.5) is 5.69 Å². The lowest BCUT2D eigenvalue weighted by Gasteiger charge is -2.34. The first-order valence-corrected chi connectivity index (χ1v) is 16.0. The third kappa shape index (κ3) is 8.16. The molecule has 0 aliphatic carbocycles.